The number of carbonyl (C=O) groups is 1. The number of hydrogen-bond acceptors (Lipinski definition) is 4. The Bertz CT molecular complexity index is 406. The van der Waals surface area contributed by atoms with E-state index < -0.39 is 0 Å². The van der Waals surface area contributed by atoms with Crippen molar-refractivity contribution in [3.05, 3.63) is 10.6 Å². The number of carbonyl (C=O) groups excluding carboxylic acids is 1. The Labute approximate surface area is 113 Å². The third-order valence-electron chi connectivity index (χ3n) is 4.08. The van der Waals surface area contributed by atoms with Crippen LogP contribution in [-0.2, 0) is 0 Å². The van der Waals surface area contributed by atoms with Crippen molar-refractivity contribution in [2.45, 2.75) is 58.8 Å². The standard InChI is InChI=1S/C14H22N2OS/c1-4-10-5-7-11(8-6-10)13(17)14-12(9(2)3)15-16-18-14/h9-11H,4-8H2,1-3H3. The van der Waals surface area contributed by atoms with Gasteiger partial charge in [-0.1, -0.05) is 31.7 Å². The molecule has 1 aromatic heterocycles. The van der Waals surface area contributed by atoms with E-state index >= 15 is 0 Å². The molecule has 0 N–H and O–H groups in total. The summed E-state index contributed by atoms with van der Waals surface area (Å²) >= 11 is 1.28. The summed E-state index contributed by atoms with van der Waals surface area (Å²) in [4.78, 5) is 13.3. The second kappa shape index (κ2) is 5.91. The molecule has 0 spiro atoms. The van der Waals surface area contributed by atoms with Crippen molar-refractivity contribution in [2.75, 3.05) is 0 Å². The Balaban J connectivity index is 2.06. The van der Waals surface area contributed by atoms with E-state index in [-0.39, 0.29) is 11.8 Å². The molecule has 1 heterocycles. The minimum atomic E-state index is 0.215. The van der Waals surface area contributed by atoms with Gasteiger partial charge >= 0.3 is 0 Å². The fourth-order valence-electron chi connectivity index (χ4n) is 2.76. The molecule has 1 aromatic rings. The Hall–Kier alpha value is -0.770. The lowest BCUT2D eigenvalue weighted by Crippen LogP contribution is -2.22. The molecule has 1 fully saturated rings. The first kappa shape index (κ1) is 13.7. The van der Waals surface area contributed by atoms with Gasteiger partial charge in [0.25, 0.3) is 0 Å². The van der Waals surface area contributed by atoms with Crippen LogP contribution in [0.25, 0.3) is 0 Å². The Kier molecular flexibility index (Phi) is 4.49. The lowest BCUT2D eigenvalue weighted by molar-refractivity contribution is 0.0874. The molecule has 0 radical (unpaired) electrons. The van der Waals surface area contributed by atoms with Crippen LogP contribution in [0.2, 0.25) is 0 Å². The van der Waals surface area contributed by atoms with Gasteiger partial charge in [0.2, 0.25) is 0 Å². The number of nitrogens with zero attached hydrogens (tertiary/aromatic N) is 2. The number of aromatic nitrogens is 2. The summed E-state index contributed by atoms with van der Waals surface area (Å²) in [5, 5.41) is 4.11. The van der Waals surface area contributed by atoms with E-state index in [1.54, 1.807) is 0 Å². The van der Waals surface area contributed by atoms with Crippen LogP contribution in [0, 0.1) is 11.8 Å². The van der Waals surface area contributed by atoms with Crippen molar-refractivity contribution in [1.29, 1.82) is 0 Å². The molecule has 1 aliphatic rings. The van der Waals surface area contributed by atoms with Crippen molar-refractivity contribution in [3.63, 3.8) is 0 Å². The molecule has 1 aliphatic carbocycles. The predicted molar refractivity (Wildman–Crippen MR) is 74.1 cm³/mol. The average Bonchev–Trinajstić information content (AvgIpc) is 2.87. The van der Waals surface area contributed by atoms with Crippen LogP contribution in [0.15, 0.2) is 0 Å². The lowest BCUT2D eigenvalue weighted by atomic mass is 9.78. The zero-order valence-corrected chi connectivity index (χ0v) is 12.3. The molecule has 0 amide bonds. The molecule has 1 saturated carbocycles. The smallest absolute Gasteiger partial charge is 0.179 e. The molecule has 3 nitrogen and oxygen atoms in total. The predicted octanol–water partition coefficient (Wildman–Crippen LogP) is 4.06. The fraction of sp³-hybridized carbons (Fsp3) is 0.786. The maximum atomic E-state index is 12.5. The summed E-state index contributed by atoms with van der Waals surface area (Å²) in [5.41, 5.74) is 0.891. The highest BCUT2D eigenvalue weighted by atomic mass is 32.1. The van der Waals surface area contributed by atoms with E-state index in [1.807, 2.05) is 0 Å². The van der Waals surface area contributed by atoms with E-state index in [0.717, 1.165) is 29.3 Å². The second-order valence-corrected chi connectivity index (χ2v) is 6.39. The van der Waals surface area contributed by atoms with Crippen molar-refractivity contribution in [2.24, 2.45) is 11.8 Å². The summed E-state index contributed by atoms with van der Waals surface area (Å²) in [7, 11) is 0. The maximum Gasteiger partial charge on any atom is 0.179 e. The van der Waals surface area contributed by atoms with Gasteiger partial charge < -0.3 is 0 Å². The number of hydrogen-bond donors (Lipinski definition) is 0. The lowest BCUT2D eigenvalue weighted by Gasteiger charge is -2.26. The van der Waals surface area contributed by atoms with Gasteiger partial charge in [-0.3, -0.25) is 4.79 Å². The Morgan fingerprint density at radius 1 is 1.33 bits per heavy atom. The average molecular weight is 266 g/mol. The van der Waals surface area contributed by atoms with Crippen LogP contribution in [-0.4, -0.2) is 15.4 Å². The van der Waals surface area contributed by atoms with Crippen molar-refractivity contribution >= 4 is 17.3 Å². The van der Waals surface area contributed by atoms with Crippen molar-refractivity contribution < 1.29 is 4.79 Å². The zero-order chi connectivity index (χ0) is 13.1. The molecular formula is C14H22N2OS. The molecule has 0 aliphatic heterocycles. The molecule has 4 heteroatoms. The second-order valence-electron chi connectivity index (χ2n) is 5.63. The van der Waals surface area contributed by atoms with Crippen LogP contribution in [0.4, 0.5) is 0 Å². The van der Waals surface area contributed by atoms with E-state index in [1.165, 1.54) is 30.8 Å². The van der Waals surface area contributed by atoms with Crippen molar-refractivity contribution in [1.82, 2.24) is 9.59 Å². The number of rotatable bonds is 4. The van der Waals surface area contributed by atoms with Crippen LogP contribution in [0.5, 0.6) is 0 Å². The summed E-state index contributed by atoms with van der Waals surface area (Å²) < 4.78 is 3.96. The highest BCUT2D eigenvalue weighted by Gasteiger charge is 2.29. The highest BCUT2D eigenvalue weighted by molar-refractivity contribution is 7.08. The van der Waals surface area contributed by atoms with Gasteiger partial charge in [-0.25, -0.2) is 0 Å². The summed E-state index contributed by atoms with van der Waals surface area (Å²) in [6, 6.07) is 0. The molecule has 2 rings (SSSR count). The Morgan fingerprint density at radius 3 is 2.56 bits per heavy atom. The third-order valence-corrected chi connectivity index (χ3v) is 4.84. The van der Waals surface area contributed by atoms with Crippen LogP contribution in [0.1, 0.15) is 74.2 Å². The van der Waals surface area contributed by atoms with E-state index in [0.29, 0.717) is 5.78 Å². The van der Waals surface area contributed by atoms with Gasteiger partial charge in [0.05, 0.1) is 5.69 Å². The summed E-state index contributed by atoms with van der Waals surface area (Å²) in [6.45, 7) is 6.39. The monoisotopic (exact) mass is 266 g/mol. The van der Waals surface area contributed by atoms with Gasteiger partial charge in [0, 0.05) is 5.92 Å². The van der Waals surface area contributed by atoms with Crippen LogP contribution >= 0.6 is 11.5 Å². The van der Waals surface area contributed by atoms with E-state index in [9.17, 15) is 4.79 Å². The first-order valence-electron chi connectivity index (χ1n) is 6.99. The summed E-state index contributed by atoms with van der Waals surface area (Å²) in [5.74, 6) is 1.63. The minimum Gasteiger partial charge on any atom is -0.293 e. The molecule has 0 unspecified atom stereocenters. The Morgan fingerprint density at radius 2 is 2.00 bits per heavy atom. The van der Waals surface area contributed by atoms with Gasteiger partial charge in [-0.05, 0) is 49.1 Å². The summed E-state index contributed by atoms with van der Waals surface area (Å²) in [6.07, 6.45) is 5.76. The first-order valence-corrected chi connectivity index (χ1v) is 7.77. The van der Waals surface area contributed by atoms with Gasteiger partial charge in [0.15, 0.2) is 5.78 Å². The third kappa shape index (κ3) is 2.79. The fourth-order valence-corrected chi connectivity index (χ4v) is 3.60. The van der Waals surface area contributed by atoms with E-state index in [4.69, 9.17) is 0 Å². The molecule has 0 saturated heterocycles. The zero-order valence-electron chi connectivity index (χ0n) is 11.5. The first-order chi connectivity index (χ1) is 8.63. The van der Waals surface area contributed by atoms with Gasteiger partial charge in [0.1, 0.15) is 4.88 Å². The van der Waals surface area contributed by atoms with Crippen LogP contribution in [0.3, 0.4) is 0 Å². The number of ketones is 1. The van der Waals surface area contributed by atoms with Crippen LogP contribution < -0.4 is 0 Å². The maximum absolute atomic E-state index is 12.5. The highest BCUT2D eigenvalue weighted by Crippen LogP contribution is 2.34. The van der Waals surface area contributed by atoms with Gasteiger partial charge in [-0.2, -0.15) is 0 Å². The van der Waals surface area contributed by atoms with Crippen molar-refractivity contribution in [3.8, 4) is 0 Å². The largest absolute Gasteiger partial charge is 0.293 e. The molecule has 0 aromatic carbocycles. The topological polar surface area (TPSA) is 42.9 Å². The van der Waals surface area contributed by atoms with Gasteiger partial charge in [-0.15, -0.1) is 5.10 Å². The molecule has 18 heavy (non-hydrogen) atoms. The molecule has 0 atom stereocenters. The molecular weight excluding hydrogens is 244 g/mol. The molecule has 0 bridgehead atoms. The molecule has 100 valence electrons. The minimum absolute atomic E-state index is 0.215. The quantitative estimate of drug-likeness (QED) is 0.772. The number of Topliss-reactive ketones (excluding diaryl/α,β-unsaturated/α-hetero) is 1. The normalized spacial score (nSPS) is 24.4. The van der Waals surface area contributed by atoms with E-state index in [2.05, 4.69) is 30.4 Å². The SMILES string of the molecule is CCC1CCC(C(=O)c2snnc2C(C)C)CC1.